The molecule has 18 heavy (non-hydrogen) atoms. The van der Waals surface area contributed by atoms with E-state index in [0.717, 1.165) is 19.3 Å². The molecule has 0 heterocycles. The van der Waals surface area contributed by atoms with E-state index in [1.54, 1.807) is 6.07 Å². The number of amides is 1. The van der Waals surface area contributed by atoms with Crippen molar-refractivity contribution in [1.82, 2.24) is 5.32 Å². The maximum absolute atomic E-state index is 12.0. The zero-order valence-corrected chi connectivity index (χ0v) is 10.1. The van der Waals surface area contributed by atoms with Crippen molar-refractivity contribution < 1.29 is 15.0 Å². The van der Waals surface area contributed by atoms with Gasteiger partial charge in [-0.2, -0.15) is 0 Å². The summed E-state index contributed by atoms with van der Waals surface area (Å²) in [7, 11) is 0. The number of carbonyl (C=O) groups is 1. The van der Waals surface area contributed by atoms with Crippen LogP contribution in [-0.4, -0.2) is 28.3 Å². The number of rotatable bonds is 2. The van der Waals surface area contributed by atoms with Crippen molar-refractivity contribution in [3.8, 4) is 5.75 Å². The first-order chi connectivity index (χ1) is 8.59. The number of hydrogen-bond acceptors (Lipinski definition) is 4. The van der Waals surface area contributed by atoms with E-state index in [0.29, 0.717) is 6.42 Å². The van der Waals surface area contributed by atoms with Gasteiger partial charge in [-0.25, -0.2) is 0 Å². The molecular formula is C13H18N2O3. The van der Waals surface area contributed by atoms with Gasteiger partial charge in [0.2, 0.25) is 0 Å². The Morgan fingerprint density at radius 2 is 2.06 bits per heavy atom. The first-order valence-electron chi connectivity index (χ1n) is 6.16. The van der Waals surface area contributed by atoms with Crippen molar-refractivity contribution in [3.63, 3.8) is 0 Å². The predicted octanol–water partition coefficient (Wildman–Crippen LogP) is 1.01. The van der Waals surface area contributed by atoms with E-state index < -0.39 is 12.0 Å². The molecule has 1 aliphatic carbocycles. The van der Waals surface area contributed by atoms with Crippen LogP contribution < -0.4 is 11.1 Å². The molecule has 1 aliphatic rings. The van der Waals surface area contributed by atoms with Crippen LogP contribution in [0, 0.1) is 0 Å². The Balaban J connectivity index is 2.09. The number of nitrogen functional groups attached to an aromatic ring is 1. The van der Waals surface area contributed by atoms with E-state index in [1.807, 2.05) is 0 Å². The fourth-order valence-electron chi connectivity index (χ4n) is 2.27. The number of phenols is 1. The predicted molar refractivity (Wildman–Crippen MR) is 68.2 cm³/mol. The maximum Gasteiger partial charge on any atom is 0.255 e. The van der Waals surface area contributed by atoms with Crippen molar-refractivity contribution in [2.24, 2.45) is 0 Å². The van der Waals surface area contributed by atoms with Crippen LogP contribution in [0.25, 0.3) is 0 Å². The maximum atomic E-state index is 12.0. The average Bonchev–Trinajstić information content (AvgIpc) is 2.35. The van der Waals surface area contributed by atoms with E-state index in [9.17, 15) is 15.0 Å². The lowest BCUT2D eigenvalue weighted by Gasteiger charge is -2.28. The number of aliphatic hydroxyl groups is 1. The number of nitrogens with two attached hydrogens (primary N) is 1. The van der Waals surface area contributed by atoms with Gasteiger partial charge in [0.15, 0.2) is 5.75 Å². The van der Waals surface area contributed by atoms with E-state index in [1.165, 1.54) is 12.1 Å². The lowest BCUT2D eigenvalue weighted by molar-refractivity contribution is 0.0715. The quantitative estimate of drug-likeness (QED) is 0.465. The molecular weight excluding hydrogens is 232 g/mol. The Morgan fingerprint density at radius 3 is 2.78 bits per heavy atom. The van der Waals surface area contributed by atoms with Crippen molar-refractivity contribution in [2.45, 2.75) is 37.8 Å². The zero-order chi connectivity index (χ0) is 13.1. The fourth-order valence-corrected chi connectivity index (χ4v) is 2.27. The second-order valence-electron chi connectivity index (χ2n) is 4.68. The number of para-hydroxylation sites is 1. The number of anilines is 1. The minimum absolute atomic E-state index is 0.146. The molecule has 0 spiro atoms. The molecule has 2 atom stereocenters. The number of carbonyl (C=O) groups excluding carboxylic acids is 1. The molecule has 2 rings (SSSR count). The second kappa shape index (κ2) is 5.27. The van der Waals surface area contributed by atoms with Gasteiger partial charge >= 0.3 is 0 Å². The lowest BCUT2D eigenvalue weighted by atomic mass is 9.92. The van der Waals surface area contributed by atoms with Crippen LogP contribution in [0.4, 0.5) is 5.69 Å². The summed E-state index contributed by atoms with van der Waals surface area (Å²) in [6.07, 6.45) is 2.93. The molecule has 98 valence electrons. The average molecular weight is 250 g/mol. The number of aromatic hydroxyl groups is 1. The highest BCUT2D eigenvalue weighted by atomic mass is 16.3. The highest BCUT2D eigenvalue weighted by Gasteiger charge is 2.25. The van der Waals surface area contributed by atoms with Crippen LogP contribution in [-0.2, 0) is 0 Å². The SMILES string of the molecule is Nc1cccc(C(=O)NC2CCCCC2O)c1O. The molecule has 1 aromatic carbocycles. The molecule has 1 fully saturated rings. The molecule has 5 N–H and O–H groups in total. The minimum atomic E-state index is -0.508. The largest absolute Gasteiger partial charge is 0.505 e. The highest BCUT2D eigenvalue weighted by Crippen LogP contribution is 2.25. The molecule has 1 saturated carbocycles. The molecule has 0 aliphatic heterocycles. The summed E-state index contributed by atoms with van der Waals surface area (Å²) >= 11 is 0. The Labute approximate surface area is 106 Å². The van der Waals surface area contributed by atoms with Crippen LogP contribution in [0.1, 0.15) is 36.0 Å². The number of benzene rings is 1. The van der Waals surface area contributed by atoms with E-state index in [2.05, 4.69) is 5.32 Å². The first-order valence-corrected chi connectivity index (χ1v) is 6.16. The van der Waals surface area contributed by atoms with Gasteiger partial charge in [-0.15, -0.1) is 0 Å². The summed E-state index contributed by atoms with van der Waals surface area (Å²) in [5.41, 5.74) is 5.86. The second-order valence-corrected chi connectivity index (χ2v) is 4.68. The summed E-state index contributed by atoms with van der Waals surface area (Å²) in [4.78, 5) is 12.0. The standard InChI is InChI=1S/C13H18N2O3/c14-9-5-3-4-8(12(9)17)13(18)15-10-6-1-2-7-11(10)16/h3-5,10-11,16-17H,1-2,6-7,14H2,(H,15,18). The monoisotopic (exact) mass is 250 g/mol. The topological polar surface area (TPSA) is 95.6 Å². The van der Waals surface area contributed by atoms with E-state index in [-0.39, 0.29) is 23.0 Å². The lowest BCUT2D eigenvalue weighted by Crippen LogP contribution is -2.45. The van der Waals surface area contributed by atoms with Gasteiger partial charge in [0, 0.05) is 0 Å². The van der Waals surface area contributed by atoms with Gasteiger partial charge in [-0.3, -0.25) is 4.79 Å². The summed E-state index contributed by atoms with van der Waals surface area (Å²) in [6.45, 7) is 0. The highest BCUT2D eigenvalue weighted by molar-refractivity contribution is 5.98. The molecule has 0 radical (unpaired) electrons. The van der Waals surface area contributed by atoms with Gasteiger partial charge in [0.05, 0.1) is 23.4 Å². The number of aliphatic hydroxyl groups excluding tert-OH is 1. The van der Waals surface area contributed by atoms with Crippen molar-refractivity contribution in [2.75, 3.05) is 5.73 Å². The van der Waals surface area contributed by atoms with Crippen LogP contribution >= 0.6 is 0 Å². The molecule has 0 aromatic heterocycles. The third-order valence-corrected chi connectivity index (χ3v) is 3.36. The first kappa shape index (κ1) is 12.7. The molecule has 0 saturated heterocycles. The third kappa shape index (κ3) is 2.56. The van der Waals surface area contributed by atoms with Crippen LogP contribution in [0.15, 0.2) is 18.2 Å². The van der Waals surface area contributed by atoms with Crippen LogP contribution in [0.3, 0.4) is 0 Å². The van der Waals surface area contributed by atoms with Gasteiger partial charge in [0.25, 0.3) is 5.91 Å². The molecule has 1 amide bonds. The van der Waals surface area contributed by atoms with Gasteiger partial charge in [-0.1, -0.05) is 18.9 Å². The van der Waals surface area contributed by atoms with Gasteiger partial charge in [0.1, 0.15) is 0 Å². The number of nitrogens with one attached hydrogen (secondary N) is 1. The normalized spacial score (nSPS) is 23.6. The van der Waals surface area contributed by atoms with E-state index >= 15 is 0 Å². The summed E-state index contributed by atoms with van der Waals surface area (Å²) in [5.74, 6) is -0.606. The summed E-state index contributed by atoms with van der Waals surface area (Å²) in [6, 6.07) is 4.41. The molecule has 5 heteroatoms. The Hall–Kier alpha value is -1.75. The van der Waals surface area contributed by atoms with E-state index in [4.69, 9.17) is 5.73 Å². The fraction of sp³-hybridized carbons (Fsp3) is 0.462. The molecule has 0 bridgehead atoms. The van der Waals surface area contributed by atoms with Gasteiger partial charge < -0.3 is 21.3 Å². The Morgan fingerprint density at radius 1 is 1.33 bits per heavy atom. The Bertz CT molecular complexity index is 448. The molecule has 2 unspecified atom stereocenters. The van der Waals surface area contributed by atoms with Crippen molar-refractivity contribution >= 4 is 11.6 Å². The van der Waals surface area contributed by atoms with Crippen LogP contribution in [0.2, 0.25) is 0 Å². The molecule has 5 nitrogen and oxygen atoms in total. The van der Waals surface area contributed by atoms with Gasteiger partial charge in [-0.05, 0) is 25.0 Å². The Kier molecular flexibility index (Phi) is 3.72. The molecule has 1 aromatic rings. The van der Waals surface area contributed by atoms with Crippen molar-refractivity contribution in [3.05, 3.63) is 23.8 Å². The van der Waals surface area contributed by atoms with Crippen LogP contribution in [0.5, 0.6) is 5.75 Å². The third-order valence-electron chi connectivity index (χ3n) is 3.36. The minimum Gasteiger partial charge on any atom is -0.505 e. The zero-order valence-electron chi connectivity index (χ0n) is 10.1. The number of hydrogen-bond donors (Lipinski definition) is 4. The smallest absolute Gasteiger partial charge is 0.255 e. The summed E-state index contributed by atoms with van der Waals surface area (Å²) in [5, 5.41) is 22.3. The van der Waals surface area contributed by atoms with Crippen molar-refractivity contribution in [1.29, 1.82) is 0 Å². The number of phenolic OH excluding ortho intramolecular Hbond substituents is 1. The summed E-state index contributed by atoms with van der Waals surface area (Å²) < 4.78 is 0.